The summed E-state index contributed by atoms with van der Waals surface area (Å²) < 4.78 is 114. The van der Waals surface area contributed by atoms with Crippen LogP contribution in [0.2, 0.25) is 0 Å². The molecule has 0 bridgehead atoms. The minimum atomic E-state index is -6.70. The summed E-state index contributed by atoms with van der Waals surface area (Å²) in [5.41, 5.74) is -3.70. The summed E-state index contributed by atoms with van der Waals surface area (Å²) in [7, 11) is 0. The zero-order valence-electron chi connectivity index (χ0n) is 9.41. The lowest BCUT2D eigenvalue weighted by atomic mass is 10.0. The molecule has 0 aliphatic heterocycles. The van der Waals surface area contributed by atoms with Crippen LogP contribution in [-0.4, -0.2) is 18.2 Å². The van der Waals surface area contributed by atoms with Crippen LogP contribution in [0.3, 0.4) is 0 Å². The molecule has 0 saturated carbocycles. The fraction of sp³-hybridized carbons (Fsp3) is 0.300. The molecule has 0 unspecified atom stereocenters. The molecular formula is C10H2F9NO. The molecule has 0 radical (unpaired) electrons. The average molecular weight is 323 g/mol. The van der Waals surface area contributed by atoms with Crippen LogP contribution in [0.15, 0.2) is 17.1 Å². The van der Waals surface area contributed by atoms with Crippen LogP contribution in [0.4, 0.5) is 45.2 Å². The quantitative estimate of drug-likeness (QED) is 0.465. The first-order valence-corrected chi connectivity index (χ1v) is 4.76. The second-order valence-electron chi connectivity index (χ2n) is 3.61. The highest BCUT2D eigenvalue weighted by molar-refractivity contribution is 5.51. The fourth-order valence-corrected chi connectivity index (χ4v) is 1.26. The number of isocyanates is 1. The van der Waals surface area contributed by atoms with Crippen LogP contribution >= 0.6 is 0 Å². The van der Waals surface area contributed by atoms with Crippen molar-refractivity contribution >= 4 is 11.8 Å². The molecule has 0 atom stereocenters. The second kappa shape index (κ2) is 5.06. The maximum absolute atomic E-state index is 13.3. The van der Waals surface area contributed by atoms with Gasteiger partial charge in [0.1, 0.15) is 5.69 Å². The molecule has 0 N–H and O–H groups in total. The number of nitrogens with zero attached hydrogens (tertiary/aromatic N) is 1. The molecule has 21 heavy (non-hydrogen) atoms. The van der Waals surface area contributed by atoms with Gasteiger partial charge in [-0.15, -0.1) is 0 Å². The summed E-state index contributed by atoms with van der Waals surface area (Å²) in [5, 5.41) is 0. The Kier molecular flexibility index (Phi) is 4.10. The second-order valence-corrected chi connectivity index (χ2v) is 3.61. The van der Waals surface area contributed by atoms with E-state index in [0.717, 1.165) is 6.08 Å². The van der Waals surface area contributed by atoms with Crippen LogP contribution < -0.4 is 0 Å². The Morgan fingerprint density at radius 2 is 1.43 bits per heavy atom. The molecule has 11 heteroatoms. The summed E-state index contributed by atoms with van der Waals surface area (Å²) in [6.07, 6.45) is -5.98. The third-order valence-electron chi connectivity index (χ3n) is 2.32. The number of hydrogen-bond donors (Lipinski definition) is 0. The van der Waals surface area contributed by atoms with Gasteiger partial charge in [-0.1, -0.05) is 0 Å². The number of hydrogen-bond acceptors (Lipinski definition) is 2. The van der Waals surface area contributed by atoms with Crippen molar-refractivity contribution in [2.24, 2.45) is 4.99 Å². The van der Waals surface area contributed by atoms with Gasteiger partial charge in [-0.25, -0.2) is 13.6 Å². The van der Waals surface area contributed by atoms with Crippen LogP contribution in [-0.2, 0) is 10.7 Å². The van der Waals surface area contributed by atoms with Crippen molar-refractivity contribution in [3.63, 3.8) is 0 Å². The topological polar surface area (TPSA) is 29.4 Å². The van der Waals surface area contributed by atoms with Crippen molar-refractivity contribution in [2.45, 2.75) is 18.0 Å². The van der Waals surface area contributed by atoms with Crippen LogP contribution in [0.25, 0.3) is 0 Å². The first-order valence-electron chi connectivity index (χ1n) is 4.76. The fourth-order valence-electron chi connectivity index (χ4n) is 1.26. The van der Waals surface area contributed by atoms with E-state index in [1.165, 1.54) is 0 Å². The van der Waals surface area contributed by atoms with Crippen molar-refractivity contribution in [3.05, 3.63) is 29.3 Å². The van der Waals surface area contributed by atoms with Gasteiger partial charge in [-0.05, 0) is 12.1 Å². The number of alkyl halides is 7. The third kappa shape index (κ3) is 2.60. The highest BCUT2D eigenvalue weighted by atomic mass is 19.4. The molecule has 0 heterocycles. The Bertz CT molecular complexity index is 601. The lowest BCUT2D eigenvalue weighted by molar-refractivity contribution is -0.360. The first kappa shape index (κ1) is 17.0. The van der Waals surface area contributed by atoms with Gasteiger partial charge in [-0.3, -0.25) is 0 Å². The summed E-state index contributed by atoms with van der Waals surface area (Å²) in [5.74, 6) is -17.7. The molecule has 0 aliphatic carbocycles. The van der Waals surface area contributed by atoms with E-state index in [0.29, 0.717) is 0 Å². The Morgan fingerprint density at radius 3 is 1.86 bits per heavy atom. The van der Waals surface area contributed by atoms with Gasteiger partial charge < -0.3 is 0 Å². The Balaban J connectivity index is 3.54. The molecule has 0 fully saturated rings. The number of halogens is 9. The minimum absolute atomic E-state index is 0.138. The molecule has 0 amide bonds. The van der Waals surface area contributed by atoms with Gasteiger partial charge >= 0.3 is 18.0 Å². The summed E-state index contributed by atoms with van der Waals surface area (Å²) in [6.45, 7) is 0. The third-order valence-corrected chi connectivity index (χ3v) is 2.32. The highest BCUT2D eigenvalue weighted by Crippen LogP contribution is 2.52. The van der Waals surface area contributed by atoms with Gasteiger partial charge in [-0.2, -0.15) is 35.7 Å². The molecule has 0 aromatic heterocycles. The predicted octanol–water partition coefficient (Wildman–Crippen LogP) is 4.22. The number of benzene rings is 1. The van der Waals surface area contributed by atoms with Crippen molar-refractivity contribution in [2.75, 3.05) is 0 Å². The predicted molar refractivity (Wildman–Crippen MR) is 49.0 cm³/mol. The largest absolute Gasteiger partial charge is 0.460 e. The molecule has 1 rings (SSSR count). The van der Waals surface area contributed by atoms with Crippen molar-refractivity contribution < 1.29 is 44.3 Å². The molecule has 2 nitrogen and oxygen atoms in total. The standard InChI is InChI=1S/C10H2F9NO/c11-6-4(1-2-5(7(6)12)20-3-21)8(13,14)9(15,16)10(17,18)19/h1-2H. The van der Waals surface area contributed by atoms with Crippen molar-refractivity contribution in [1.29, 1.82) is 0 Å². The summed E-state index contributed by atoms with van der Waals surface area (Å²) in [4.78, 5) is 12.3. The van der Waals surface area contributed by atoms with E-state index < -0.39 is 40.9 Å². The maximum atomic E-state index is 13.3. The van der Waals surface area contributed by atoms with E-state index in [2.05, 4.69) is 4.99 Å². The minimum Gasteiger partial charge on any atom is -0.211 e. The monoisotopic (exact) mass is 323 g/mol. The zero-order valence-corrected chi connectivity index (χ0v) is 9.41. The van der Waals surface area contributed by atoms with Gasteiger partial charge in [0.05, 0.1) is 5.56 Å². The molecule has 1 aromatic carbocycles. The number of aliphatic imine (C=N–C) groups is 1. The Labute approximate surface area is 109 Å². The molecular weight excluding hydrogens is 321 g/mol. The van der Waals surface area contributed by atoms with E-state index in [-0.39, 0.29) is 12.1 Å². The van der Waals surface area contributed by atoms with E-state index >= 15 is 0 Å². The highest BCUT2D eigenvalue weighted by Gasteiger charge is 2.74. The van der Waals surface area contributed by atoms with Gasteiger partial charge in [0, 0.05) is 0 Å². The Morgan fingerprint density at radius 1 is 0.905 bits per heavy atom. The van der Waals surface area contributed by atoms with Crippen molar-refractivity contribution in [1.82, 2.24) is 0 Å². The molecule has 1 aromatic rings. The van der Waals surface area contributed by atoms with Crippen LogP contribution in [0.1, 0.15) is 5.56 Å². The van der Waals surface area contributed by atoms with E-state index in [1.807, 2.05) is 0 Å². The molecule has 0 aliphatic rings. The number of rotatable bonds is 3. The first-order chi connectivity index (χ1) is 9.38. The summed E-state index contributed by atoms with van der Waals surface area (Å²) in [6, 6.07) is -0.0900. The van der Waals surface area contributed by atoms with E-state index in [4.69, 9.17) is 0 Å². The SMILES string of the molecule is O=C=Nc1ccc(C(F)(F)C(F)(F)C(F)(F)F)c(F)c1F. The van der Waals surface area contributed by atoms with Gasteiger partial charge in [0.2, 0.25) is 6.08 Å². The molecule has 116 valence electrons. The van der Waals surface area contributed by atoms with Gasteiger partial charge in [0.25, 0.3) is 0 Å². The Hall–Kier alpha value is -2.03. The lowest BCUT2D eigenvalue weighted by Gasteiger charge is -2.28. The maximum Gasteiger partial charge on any atom is 0.460 e. The zero-order chi connectivity index (χ0) is 16.6. The lowest BCUT2D eigenvalue weighted by Crippen LogP contribution is -2.50. The van der Waals surface area contributed by atoms with E-state index in [1.54, 1.807) is 0 Å². The smallest absolute Gasteiger partial charge is 0.211 e. The summed E-state index contributed by atoms with van der Waals surface area (Å²) >= 11 is 0. The molecule has 0 saturated heterocycles. The average Bonchev–Trinajstić information content (AvgIpc) is 2.33. The van der Waals surface area contributed by atoms with Crippen LogP contribution in [0, 0.1) is 11.6 Å². The number of carbonyl (C=O) groups excluding carboxylic acids is 1. The normalized spacial score (nSPS) is 13.0. The molecule has 0 spiro atoms. The van der Waals surface area contributed by atoms with Gasteiger partial charge in [0.15, 0.2) is 11.6 Å². The van der Waals surface area contributed by atoms with Crippen molar-refractivity contribution in [3.8, 4) is 0 Å². The van der Waals surface area contributed by atoms with Crippen LogP contribution in [0.5, 0.6) is 0 Å². The van der Waals surface area contributed by atoms with E-state index in [9.17, 15) is 44.3 Å².